The average molecular weight is 477 g/mol. The molecule has 34 heavy (non-hydrogen) atoms. The van der Waals surface area contributed by atoms with E-state index < -0.39 is 17.6 Å². The Labute approximate surface area is 205 Å². The number of ether oxygens (including phenoxy) is 2. The largest absolute Gasteiger partial charge is 0.497 e. The van der Waals surface area contributed by atoms with Gasteiger partial charge in [0.1, 0.15) is 29.1 Å². The lowest BCUT2D eigenvalue weighted by Gasteiger charge is -2.24. The van der Waals surface area contributed by atoms with E-state index in [9.17, 15) is 0 Å². The maximum absolute atomic E-state index is 5.77. The number of hydrogen-bond acceptors (Lipinski definition) is 2. The van der Waals surface area contributed by atoms with Crippen molar-refractivity contribution in [2.75, 3.05) is 14.2 Å². The summed E-state index contributed by atoms with van der Waals surface area (Å²) >= 11 is 0. The zero-order valence-electron chi connectivity index (χ0n) is 20.1. The predicted molar refractivity (Wildman–Crippen MR) is 149 cm³/mol. The van der Waals surface area contributed by atoms with E-state index >= 15 is 0 Å². The summed E-state index contributed by atoms with van der Waals surface area (Å²) in [4.78, 5) is 0. The number of fused-ring (bicyclic) bond motifs is 2. The lowest BCUT2D eigenvalue weighted by molar-refractivity contribution is 0.418. The molecule has 4 heteroatoms. The first kappa shape index (κ1) is 22.4. The first-order valence-corrected chi connectivity index (χ1v) is 15.5. The van der Waals surface area contributed by atoms with Crippen molar-refractivity contribution in [2.24, 2.45) is 0 Å². The molecule has 168 valence electrons. The second-order valence-corrected chi connectivity index (χ2v) is 13.1. The molecule has 5 rings (SSSR count). The molecule has 0 spiro atoms. The third kappa shape index (κ3) is 3.73. The van der Waals surface area contributed by atoms with E-state index in [0.717, 1.165) is 11.5 Å². The standard InChI is InChI=1S/C30H28O2Si2/c1-31-25-17-9-11-19-27(25)33(3)29-21-13-5-7-15-23(21)30(24-16-8-6-14-22(24)29)34(4)28-20-12-10-18-26(28)32-2/h5-20H,1-4H3. The molecule has 5 aromatic rings. The lowest BCUT2D eigenvalue weighted by Crippen LogP contribution is -2.45. The Hall–Kier alpha value is -3.35. The van der Waals surface area contributed by atoms with Gasteiger partial charge in [-0.15, -0.1) is 0 Å². The van der Waals surface area contributed by atoms with Crippen molar-refractivity contribution < 1.29 is 9.47 Å². The molecule has 5 aromatic carbocycles. The summed E-state index contributed by atoms with van der Waals surface area (Å²) in [6.45, 7) is 4.79. The highest BCUT2D eigenvalue weighted by molar-refractivity contribution is 6.91. The molecule has 0 aliphatic rings. The molecule has 0 heterocycles. The topological polar surface area (TPSA) is 18.5 Å². The van der Waals surface area contributed by atoms with Crippen LogP contribution >= 0.6 is 0 Å². The van der Waals surface area contributed by atoms with E-state index in [1.54, 1.807) is 14.2 Å². The zero-order chi connectivity index (χ0) is 23.7. The Bertz CT molecular complexity index is 1310. The van der Waals surface area contributed by atoms with Crippen LogP contribution in [0.15, 0.2) is 97.1 Å². The molecule has 0 fully saturated rings. The van der Waals surface area contributed by atoms with Crippen LogP contribution < -0.4 is 30.2 Å². The van der Waals surface area contributed by atoms with Gasteiger partial charge in [-0.1, -0.05) is 98.0 Å². The van der Waals surface area contributed by atoms with Gasteiger partial charge in [0.05, 0.1) is 14.2 Å². The van der Waals surface area contributed by atoms with Gasteiger partial charge in [-0.25, -0.2) is 0 Å². The molecule has 0 amide bonds. The van der Waals surface area contributed by atoms with Crippen LogP contribution in [0.25, 0.3) is 21.5 Å². The summed E-state index contributed by atoms with van der Waals surface area (Å²) in [6.07, 6.45) is 0. The average Bonchev–Trinajstić information content (AvgIpc) is 2.90. The van der Waals surface area contributed by atoms with E-state index in [4.69, 9.17) is 9.47 Å². The summed E-state index contributed by atoms with van der Waals surface area (Å²) < 4.78 is 11.5. The number of benzene rings is 5. The van der Waals surface area contributed by atoms with E-state index in [1.807, 2.05) is 0 Å². The summed E-state index contributed by atoms with van der Waals surface area (Å²) in [5.74, 6) is 1.95. The molecule has 2 nitrogen and oxygen atoms in total. The third-order valence-electron chi connectivity index (χ3n) is 6.70. The smallest absolute Gasteiger partial charge is 0.124 e. The van der Waals surface area contributed by atoms with Gasteiger partial charge in [-0.2, -0.15) is 0 Å². The minimum Gasteiger partial charge on any atom is -0.497 e. The Balaban J connectivity index is 1.84. The second kappa shape index (κ2) is 9.49. The summed E-state index contributed by atoms with van der Waals surface area (Å²) in [5.41, 5.74) is 0. The van der Waals surface area contributed by atoms with E-state index in [0.29, 0.717) is 0 Å². The van der Waals surface area contributed by atoms with Gasteiger partial charge in [-0.05, 0) is 54.4 Å². The highest BCUT2D eigenvalue weighted by Gasteiger charge is 2.26. The molecular formula is C30H28O2Si2. The quantitative estimate of drug-likeness (QED) is 0.266. The summed E-state index contributed by atoms with van der Waals surface area (Å²) in [6, 6.07) is 34.9. The van der Waals surface area contributed by atoms with Crippen LogP contribution in [0.5, 0.6) is 11.5 Å². The lowest BCUT2D eigenvalue weighted by atomic mass is 10.0. The Morgan fingerprint density at radius 3 is 1.06 bits per heavy atom. The van der Waals surface area contributed by atoms with Gasteiger partial charge in [0.15, 0.2) is 0 Å². The van der Waals surface area contributed by atoms with Crippen molar-refractivity contribution in [2.45, 2.75) is 13.1 Å². The molecule has 2 radical (unpaired) electrons. The number of methoxy groups -OCH3 is 2. The van der Waals surface area contributed by atoms with Gasteiger partial charge < -0.3 is 9.47 Å². The first-order valence-electron chi connectivity index (χ1n) is 11.5. The van der Waals surface area contributed by atoms with Crippen LogP contribution in [0, 0.1) is 0 Å². The van der Waals surface area contributed by atoms with Crippen LogP contribution in [-0.2, 0) is 0 Å². The highest BCUT2D eigenvalue weighted by atomic mass is 28.3. The predicted octanol–water partition coefficient (Wildman–Crippen LogP) is 4.49. The van der Waals surface area contributed by atoms with Crippen LogP contribution in [0.1, 0.15) is 0 Å². The maximum atomic E-state index is 5.77. The molecule has 0 unspecified atom stereocenters. The van der Waals surface area contributed by atoms with Crippen molar-refractivity contribution in [3.63, 3.8) is 0 Å². The van der Waals surface area contributed by atoms with Crippen LogP contribution in [0.2, 0.25) is 13.1 Å². The van der Waals surface area contributed by atoms with Gasteiger partial charge >= 0.3 is 0 Å². The zero-order valence-corrected chi connectivity index (χ0v) is 22.1. The molecule has 0 N–H and O–H groups in total. The number of para-hydroxylation sites is 2. The minimum atomic E-state index is -1.09. The normalized spacial score (nSPS) is 11.5. The van der Waals surface area contributed by atoms with E-state index in [2.05, 4.69) is 110 Å². The molecule has 0 aliphatic carbocycles. The van der Waals surface area contributed by atoms with Gasteiger partial charge in [0.25, 0.3) is 0 Å². The molecule has 0 bridgehead atoms. The molecule has 0 aliphatic heterocycles. The second-order valence-electron chi connectivity index (χ2n) is 8.49. The summed E-state index contributed by atoms with van der Waals surface area (Å²) in [7, 11) is 1.35. The van der Waals surface area contributed by atoms with Gasteiger partial charge in [0.2, 0.25) is 0 Å². The monoisotopic (exact) mass is 476 g/mol. The fourth-order valence-electron chi connectivity index (χ4n) is 5.11. The molecule has 0 atom stereocenters. The molecule has 0 saturated heterocycles. The fraction of sp³-hybridized carbons (Fsp3) is 0.133. The number of hydrogen-bond donors (Lipinski definition) is 0. The van der Waals surface area contributed by atoms with E-state index in [1.165, 1.54) is 42.3 Å². The van der Waals surface area contributed by atoms with Crippen molar-refractivity contribution in [3.8, 4) is 11.5 Å². The Morgan fingerprint density at radius 2 is 0.735 bits per heavy atom. The van der Waals surface area contributed by atoms with Crippen molar-refractivity contribution in [3.05, 3.63) is 97.1 Å². The fourth-order valence-corrected chi connectivity index (χ4v) is 9.94. The van der Waals surface area contributed by atoms with Crippen LogP contribution in [0.3, 0.4) is 0 Å². The van der Waals surface area contributed by atoms with Crippen molar-refractivity contribution >= 4 is 59.9 Å². The maximum Gasteiger partial charge on any atom is 0.124 e. The van der Waals surface area contributed by atoms with Crippen LogP contribution in [0.4, 0.5) is 0 Å². The summed E-state index contributed by atoms with van der Waals surface area (Å²) in [5, 5.41) is 11.0. The van der Waals surface area contributed by atoms with Gasteiger partial charge in [-0.3, -0.25) is 0 Å². The number of rotatable bonds is 6. The molecular weight excluding hydrogens is 449 g/mol. The SMILES string of the molecule is COc1ccccc1[Si](C)c1c2ccccc2c([Si](C)c2ccccc2OC)c2ccccc12. The molecule has 0 saturated carbocycles. The van der Waals surface area contributed by atoms with E-state index in [-0.39, 0.29) is 0 Å². The Kier molecular flexibility index (Phi) is 6.26. The van der Waals surface area contributed by atoms with Gasteiger partial charge in [0, 0.05) is 0 Å². The minimum absolute atomic E-state index is 0.977. The van der Waals surface area contributed by atoms with Crippen LogP contribution in [-0.4, -0.2) is 31.8 Å². The van der Waals surface area contributed by atoms with Crippen molar-refractivity contribution in [1.29, 1.82) is 0 Å². The van der Waals surface area contributed by atoms with Crippen molar-refractivity contribution in [1.82, 2.24) is 0 Å². The highest BCUT2D eigenvalue weighted by Crippen LogP contribution is 2.23. The third-order valence-corrected chi connectivity index (χ3v) is 11.7. The first-order chi connectivity index (χ1) is 16.7. The molecule has 0 aromatic heterocycles. The Morgan fingerprint density at radius 1 is 0.441 bits per heavy atom.